The Morgan fingerprint density at radius 2 is 1.88 bits per heavy atom. The lowest BCUT2D eigenvalue weighted by atomic mass is 10.0. The van der Waals surface area contributed by atoms with Crippen molar-refractivity contribution in [3.8, 4) is 11.6 Å². The molecule has 168 valence electrons. The van der Waals surface area contributed by atoms with Crippen LogP contribution >= 0.6 is 11.9 Å². The molecule has 1 saturated heterocycles. The van der Waals surface area contributed by atoms with Gasteiger partial charge in [-0.2, -0.15) is 10.1 Å². The number of benzene rings is 1. The molecule has 1 saturated carbocycles. The van der Waals surface area contributed by atoms with E-state index in [1.54, 1.807) is 4.68 Å². The van der Waals surface area contributed by atoms with Crippen molar-refractivity contribution >= 4 is 23.6 Å². The topological polar surface area (TPSA) is 80.1 Å². The number of aryl methyl sites for hydroxylation is 1. The summed E-state index contributed by atoms with van der Waals surface area (Å²) in [6, 6.07) is 10.3. The molecule has 0 bridgehead atoms. The van der Waals surface area contributed by atoms with Crippen LogP contribution in [0.25, 0.3) is 0 Å². The first kappa shape index (κ1) is 21.1. The summed E-state index contributed by atoms with van der Waals surface area (Å²) in [4.78, 5) is 12.8. The van der Waals surface area contributed by atoms with E-state index in [2.05, 4.69) is 37.2 Å². The molecule has 3 aromatic rings. The minimum Gasteiger partial charge on any atom is -0.439 e. The maximum absolute atomic E-state index is 6.17. The van der Waals surface area contributed by atoms with Crippen LogP contribution in [0.15, 0.2) is 47.6 Å². The van der Waals surface area contributed by atoms with E-state index in [9.17, 15) is 0 Å². The number of hydrogen-bond donors (Lipinski definition) is 2. The lowest BCUT2D eigenvalue weighted by Gasteiger charge is -2.29. The van der Waals surface area contributed by atoms with Gasteiger partial charge in [-0.3, -0.25) is 9.40 Å². The molecule has 1 aliphatic heterocycles. The van der Waals surface area contributed by atoms with Crippen LogP contribution in [0.4, 0.5) is 11.6 Å². The summed E-state index contributed by atoms with van der Waals surface area (Å²) in [5, 5.41) is 7.60. The van der Waals surface area contributed by atoms with Crippen molar-refractivity contribution in [3.63, 3.8) is 0 Å². The quantitative estimate of drug-likeness (QED) is 0.518. The molecule has 2 aromatic heterocycles. The van der Waals surface area contributed by atoms with Gasteiger partial charge < -0.3 is 15.0 Å². The third-order valence-electron chi connectivity index (χ3n) is 5.98. The van der Waals surface area contributed by atoms with Gasteiger partial charge in [-0.15, -0.1) is 0 Å². The smallest absolute Gasteiger partial charge is 0.236 e. The van der Waals surface area contributed by atoms with Gasteiger partial charge in [-0.1, -0.05) is 12.8 Å². The Balaban J connectivity index is 1.32. The number of aromatic nitrogens is 4. The van der Waals surface area contributed by atoms with Crippen molar-refractivity contribution in [2.24, 2.45) is 7.05 Å². The minimum atomic E-state index is 0.472. The average Bonchev–Trinajstić information content (AvgIpc) is 3.51. The SMILES string of the molecule is Cn1cc(SNc2nc(Oc3ccc(N4CCNCC4)cc3)cc(C3CCCC3)n2)cn1. The van der Waals surface area contributed by atoms with Crippen molar-refractivity contribution < 1.29 is 4.74 Å². The van der Waals surface area contributed by atoms with Gasteiger partial charge in [0.25, 0.3) is 0 Å². The van der Waals surface area contributed by atoms with Gasteiger partial charge in [-0.25, -0.2) is 4.98 Å². The molecule has 0 spiro atoms. The molecule has 2 aliphatic rings. The fourth-order valence-electron chi connectivity index (χ4n) is 4.30. The second-order valence-corrected chi connectivity index (χ2v) is 9.20. The molecule has 5 rings (SSSR count). The minimum absolute atomic E-state index is 0.472. The molecule has 0 atom stereocenters. The van der Waals surface area contributed by atoms with E-state index in [4.69, 9.17) is 9.72 Å². The predicted octanol–water partition coefficient (Wildman–Crippen LogP) is 4.19. The second-order valence-electron chi connectivity index (χ2n) is 8.32. The van der Waals surface area contributed by atoms with Crippen LogP contribution in [0.3, 0.4) is 0 Å². The number of ether oxygens (including phenoxy) is 1. The van der Waals surface area contributed by atoms with Crippen LogP contribution in [0, 0.1) is 0 Å². The maximum atomic E-state index is 6.17. The molecule has 2 N–H and O–H groups in total. The summed E-state index contributed by atoms with van der Waals surface area (Å²) < 4.78 is 11.2. The van der Waals surface area contributed by atoms with E-state index >= 15 is 0 Å². The van der Waals surface area contributed by atoms with Crippen molar-refractivity contribution in [2.75, 3.05) is 35.8 Å². The first-order valence-electron chi connectivity index (χ1n) is 11.3. The summed E-state index contributed by atoms with van der Waals surface area (Å²) in [7, 11) is 1.90. The van der Waals surface area contributed by atoms with Crippen LogP contribution in [0.1, 0.15) is 37.3 Å². The Hall–Kier alpha value is -2.78. The molecule has 1 aliphatic carbocycles. The van der Waals surface area contributed by atoms with E-state index in [1.807, 2.05) is 37.6 Å². The van der Waals surface area contributed by atoms with Gasteiger partial charge in [0.1, 0.15) is 5.75 Å². The van der Waals surface area contributed by atoms with Crippen molar-refractivity contribution in [1.29, 1.82) is 0 Å². The predicted molar refractivity (Wildman–Crippen MR) is 128 cm³/mol. The molecule has 1 aromatic carbocycles. The first-order chi connectivity index (χ1) is 15.7. The zero-order valence-corrected chi connectivity index (χ0v) is 19.1. The number of anilines is 2. The highest BCUT2D eigenvalue weighted by molar-refractivity contribution is 8.00. The third kappa shape index (κ3) is 5.16. The van der Waals surface area contributed by atoms with Crippen LogP contribution in [-0.4, -0.2) is 45.9 Å². The Morgan fingerprint density at radius 3 is 2.59 bits per heavy atom. The van der Waals surface area contributed by atoms with Gasteiger partial charge in [0, 0.05) is 57.1 Å². The second kappa shape index (κ2) is 9.79. The summed E-state index contributed by atoms with van der Waals surface area (Å²) in [5.41, 5.74) is 2.28. The van der Waals surface area contributed by atoms with Gasteiger partial charge in [0.15, 0.2) is 0 Å². The number of nitrogens with zero attached hydrogens (tertiary/aromatic N) is 5. The molecular formula is C23H29N7OS. The lowest BCUT2D eigenvalue weighted by Crippen LogP contribution is -2.43. The summed E-state index contributed by atoms with van der Waals surface area (Å²) in [6.07, 6.45) is 8.62. The highest BCUT2D eigenvalue weighted by Gasteiger charge is 2.21. The summed E-state index contributed by atoms with van der Waals surface area (Å²) >= 11 is 1.45. The summed E-state index contributed by atoms with van der Waals surface area (Å²) in [6.45, 7) is 4.10. The zero-order valence-electron chi connectivity index (χ0n) is 18.3. The fraction of sp³-hybridized carbons (Fsp3) is 0.435. The molecule has 0 amide bonds. The van der Waals surface area contributed by atoms with E-state index in [0.29, 0.717) is 17.7 Å². The zero-order chi connectivity index (χ0) is 21.8. The van der Waals surface area contributed by atoms with E-state index < -0.39 is 0 Å². The first-order valence-corrected chi connectivity index (χ1v) is 12.1. The van der Waals surface area contributed by atoms with Gasteiger partial charge in [-0.05, 0) is 49.1 Å². The Labute approximate surface area is 192 Å². The van der Waals surface area contributed by atoms with Crippen LogP contribution in [0.5, 0.6) is 11.6 Å². The van der Waals surface area contributed by atoms with Gasteiger partial charge in [0.05, 0.1) is 16.8 Å². The van der Waals surface area contributed by atoms with Gasteiger partial charge >= 0.3 is 0 Å². The molecule has 8 nitrogen and oxygen atoms in total. The van der Waals surface area contributed by atoms with Crippen molar-refractivity contribution in [3.05, 3.63) is 48.4 Å². The molecule has 0 unspecified atom stereocenters. The van der Waals surface area contributed by atoms with Gasteiger partial charge in [0.2, 0.25) is 11.8 Å². The summed E-state index contributed by atoms with van der Waals surface area (Å²) in [5.74, 6) is 2.40. The van der Waals surface area contributed by atoms with E-state index in [-0.39, 0.29) is 0 Å². The lowest BCUT2D eigenvalue weighted by molar-refractivity contribution is 0.460. The molecule has 3 heterocycles. The fourth-order valence-corrected chi connectivity index (χ4v) is 4.90. The van der Waals surface area contributed by atoms with Crippen LogP contribution in [0.2, 0.25) is 0 Å². The number of rotatable bonds is 7. The Bertz CT molecular complexity index is 1030. The highest BCUT2D eigenvalue weighted by Crippen LogP contribution is 2.35. The molecule has 0 radical (unpaired) electrons. The van der Waals surface area contributed by atoms with E-state index in [0.717, 1.165) is 42.5 Å². The maximum Gasteiger partial charge on any atom is 0.236 e. The molecule has 32 heavy (non-hydrogen) atoms. The number of piperazine rings is 1. The largest absolute Gasteiger partial charge is 0.439 e. The standard InChI is InChI=1S/C23H29N7OS/c1-29-16-20(15-25-29)32-28-23-26-21(17-4-2-3-5-17)14-22(27-23)31-19-8-6-18(7-9-19)30-12-10-24-11-13-30/h6-9,14-17,24H,2-5,10-13H2,1H3,(H,26,27,28). The Kier molecular flexibility index (Phi) is 6.45. The molecule has 2 fully saturated rings. The molecular weight excluding hydrogens is 422 g/mol. The van der Waals surface area contributed by atoms with Crippen LogP contribution < -0.4 is 19.7 Å². The highest BCUT2D eigenvalue weighted by atomic mass is 32.2. The van der Waals surface area contributed by atoms with Crippen molar-refractivity contribution in [2.45, 2.75) is 36.5 Å². The van der Waals surface area contributed by atoms with E-state index in [1.165, 1.54) is 43.3 Å². The monoisotopic (exact) mass is 451 g/mol. The van der Waals surface area contributed by atoms with Crippen molar-refractivity contribution in [1.82, 2.24) is 25.1 Å². The normalized spacial score (nSPS) is 17.0. The van der Waals surface area contributed by atoms with Crippen LogP contribution in [-0.2, 0) is 7.05 Å². The average molecular weight is 452 g/mol. The Morgan fingerprint density at radius 1 is 1.09 bits per heavy atom. The third-order valence-corrected chi connectivity index (χ3v) is 6.71. The number of hydrogen-bond acceptors (Lipinski definition) is 8. The molecule has 9 heteroatoms. The number of nitrogens with one attached hydrogen (secondary N) is 2.